The summed E-state index contributed by atoms with van der Waals surface area (Å²) < 4.78 is 10.6. The molecule has 1 aromatic heterocycles. The molecule has 186 valence electrons. The van der Waals surface area contributed by atoms with E-state index in [9.17, 15) is 19.7 Å². The third-order valence-electron chi connectivity index (χ3n) is 6.54. The largest absolute Gasteiger partial charge is 0.493 e. The molecule has 0 bridgehead atoms. The molecule has 2 aliphatic rings. The van der Waals surface area contributed by atoms with E-state index in [1.165, 1.54) is 12.3 Å². The maximum atomic E-state index is 13.1. The summed E-state index contributed by atoms with van der Waals surface area (Å²) in [4.78, 5) is 45.7. The molecule has 0 aliphatic carbocycles. The molecular formula is C24H29N5O6. The van der Waals surface area contributed by atoms with Crippen LogP contribution in [0.25, 0.3) is 0 Å². The van der Waals surface area contributed by atoms with Crippen LogP contribution in [0.1, 0.15) is 12.0 Å². The summed E-state index contributed by atoms with van der Waals surface area (Å²) in [6, 6.07) is 8.76. The topological polar surface area (TPSA) is 118 Å². The van der Waals surface area contributed by atoms with Gasteiger partial charge in [-0.2, -0.15) is 0 Å². The number of hydrogen-bond donors (Lipinski definition) is 0. The maximum Gasteiger partial charge on any atom is 0.287 e. The molecule has 1 aromatic carbocycles. The molecule has 11 heteroatoms. The molecule has 2 fully saturated rings. The number of nitro groups is 1. The van der Waals surface area contributed by atoms with Crippen LogP contribution in [0.3, 0.4) is 0 Å². The fourth-order valence-corrected chi connectivity index (χ4v) is 4.54. The Labute approximate surface area is 203 Å². The number of aromatic nitrogens is 1. The lowest BCUT2D eigenvalue weighted by atomic mass is 10.1. The highest BCUT2D eigenvalue weighted by atomic mass is 16.6. The van der Waals surface area contributed by atoms with E-state index < -0.39 is 4.92 Å². The monoisotopic (exact) mass is 483 g/mol. The number of nitrogens with zero attached hydrogens (tertiary/aromatic N) is 5. The Balaban J connectivity index is 1.28. The zero-order valence-electron chi connectivity index (χ0n) is 19.9. The summed E-state index contributed by atoms with van der Waals surface area (Å²) in [5.74, 6) is 1.62. The van der Waals surface area contributed by atoms with Gasteiger partial charge in [-0.05, 0) is 30.2 Å². The van der Waals surface area contributed by atoms with Gasteiger partial charge in [0, 0.05) is 51.8 Å². The van der Waals surface area contributed by atoms with Gasteiger partial charge >= 0.3 is 0 Å². The SMILES string of the molecule is COc1ccc(CCN2CC(C(=O)N3CCN(c4ccc([N+](=O)[O-])cn4)CC3)CC2=O)cc1OC. The maximum absolute atomic E-state index is 13.1. The summed E-state index contributed by atoms with van der Waals surface area (Å²) in [5.41, 5.74) is 0.977. The number of hydrogen-bond acceptors (Lipinski definition) is 8. The van der Waals surface area contributed by atoms with Gasteiger partial charge in [-0.25, -0.2) is 4.98 Å². The van der Waals surface area contributed by atoms with Crippen LogP contribution in [-0.2, 0) is 16.0 Å². The van der Waals surface area contributed by atoms with Gasteiger partial charge in [-0.1, -0.05) is 6.07 Å². The zero-order valence-corrected chi connectivity index (χ0v) is 19.9. The van der Waals surface area contributed by atoms with Gasteiger partial charge in [0.05, 0.1) is 25.1 Å². The van der Waals surface area contributed by atoms with Crippen molar-refractivity contribution in [3.63, 3.8) is 0 Å². The lowest BCUT2D eigenvalue weighted by molar-refractivity contribution is -0.385. The number of methoxy groups -OCH3 is 2. The Morgan fingerprint density at radius 3 is 2.49 bits per heavy atom. The molecule has 0 N–H and O–H groups in total. The number of carbonyl (C=O) groups is 2. The number of amides is 2. The molecule has 0 radical (unpaired) electrons. The second kappa shape index (κ2) is 10.6. The highest BCUT2D eigenvalue weighted by Gasteiger charge is 2.37. The van der Waals surface area contributed by atoms with Crippen molar-refractivity contribution in [2.75, 3.05) is 58.4 Å². The van der Waals surface area contributed by atoms with E-state index in [1.54, 1.807) is 30.1 Å². The molecule has 2 amide bonds. The van der Waals surface area contributed by atoms with Gasteiger partial charge in [0.25, 0.3) is 5.69 Å². The summed E-state index contributed by atoms with van der Waals surface area (Å²) in [6.45, 7) is 3.18. The van der Waals surface area contributed by atoms with Crippen LogP contribution in [0, 0.1) is 16.0 Å². The summed E-state index contributed by atoms with van der Waals surface area (Å²) in [7, 11) is 3.17. The number of anilines is 1. The lowest BCUT2D eigenvalue weighted by Gasteiger charge is -2.36. The van der Waals surface area contributed by atoms with E-state index in [1.807, 2.05) is 23.1 Å². The minimum absolute atomic E-state index is 0.00228. The molecule has 3 heterocycles. The molecule has 35 heavy (non-hydrogen) atoms. The third-order valence-corrected chi connectivity index (χ3v) is 6.54. The first-order chi connectivity index (χ1) is 16.9. The van der Waals surface area contributed by atoms with Gasteiger partial charge in [-0.3, -0.25) is 19.7 Å². The van der Waals surface area contributed by atoms with Crippen LogP contribution in [0.5, 0.6) is 11.5 Å². The van der Waals surface area contributed by atoms with Crippen LogP contribution in [0.15, 0.2) is 36.5 Å². The van der Waals surface area contributed by atoms with Crippen molar-refractivity contribution in [2.45, 2.75) is 12.8 Å². The number of rotatable bonds is 8. The first kappa shape index (κ1) is 24.2. The van der Waals surface area contributed by atoms with Crippen molar-refractivity contribution >= 4 is 23.3 Å². The Morgan fingerprint density at radius 1 is 1.11 bits per heavy atom. The molecule has 1 unspecified atom stereocenters. The van der Waals surface area contributed by atoms with Crippen LogP contribution in [0.2, 0.25) is 0 Å². The van der Waals surface area contributed by atoms with E-state index in [0.29, 0.717) is 63.0 Å². The van der Waals surface area contributed by atoms with Gasteiger partial charge < -0.3 is 24.2 Å². The average Bonchev–Trinajstić information content (AvgIpc) is 3.27. The summed E-state index contributed by atoms with van der Waals surface area (Å²) in [5, 5.41) is 10.8. The van der Waals surface area contributed by atoms with Crippen molar-refractivity contribution in [3.8, 4) is 11.5 Å². The molecule has 0 saturated carbocycles. The van der Waals surface area contributed by atoms with E-state index >= 15 is 0 Å². The molecule has 2 aliphatic heterocycles. The highest BCUT2D eigenvalue weighted by molar-refractivity contribution is 5.89. The first-order valence-corrected chi connectivity index (χ1v) is 11.5. The molecule has 2 aromatic rings. The van der Waals surface area contributed by atoms with E-state index in [4.69, 9.17) is 9.47 Å². The molecule has 4 rings (SSSR count). The smallest absolute Gasteiger partial charge is 0.287 e. The predicted octanol–water partition coefficient (Wildman–Crippen LogP) is 1.75. The van der Waals surface area contributed by atoms with Crippen molar-refractivity contribution in [1.29, 1.82) is 0 Å². The first-order valence-electron chi connectivity index (χ1n) is 11.5. The Kier molecular flexibility index (Phi) is 7.33. The van der Waals surface area contributed by atoms with E-state index in [-0.39, 0.29) is 29.8 Å². The zero-order chi connectivity index (χ0) is 24.9. The minimum atomic E-state index is -0.479. The van der Waals surface area contributed by atoms with Gasteiger partial charge in [0.1, 0.15) is 12.0 Å². The Morgan fingerprint density at radius 2 is 1.86 bits per heavy atom. The third kappa shape index (κ3) is 5.44. The highest BCUT2D eigenvalue weighted by Crippen LogP contribution is 2.28. The minimum Gasteiger partial charge on any atom is -0.493 e. The summed E-state index contributed by atoms with van der Waals surface area (Å²) >= 11 is 0. The standard InChI is InChI=1S/C24H29N5O6/c1-34-20-5-3-17(13-21(20)35-2)7-8-28-16-18(14-23(28)30)24(31)27-11-9-26(10-12-27)22-6-4-19(15-25-22)29(32)33/h3-6,13,15,18H,7-12,14,16H2,1-2H3. The molecule has 1 atom stereocenters. The molecular weight excluding hydrogens is 454 g/mol. The van der Waals surface area contributed by atoms with Crippen molar-refractivity contribution < 1.29 is 24.0 Å². The number of piperazine rings is 1. The molecule has 0 spiro atoms. The van der Waals surface area contributed by atoms with Crippen LogP contribution in [-0.4, -0.2) is 85.0 Å². The van der Waals surface area contributed by atoms with Crippen LogP contribution in [0.4, 0.5) is 11.5 Å². The number of likely N-dealkylation sites (tertiary alicyclic amines) is 1. The van der Waals surface area contributed by atoms with Crippen LogP contribution < -0.4 is 14.4 Å². The normalized spacial score (nSPS) is 18.1. The fourth-order valence-electron chi connectivity index (χ4n) is 4.54. The lowest BCUT2D eigenvalue weighted by Crippen LogP contribution is -2.51. The van der Waals surface area contributed by atoms with Gasteiger partial charge in [0.2, 0.25) is 11.8 Å². The van der Waals surface area contributed by atoms with E-state index in [0.717, 1.165) is 5.56 Å². The molecule has 11 nitrogen and oxygen atoms in total. The van der Waals surface area contributed by atoms with Crippen molar-refractivity contribution in [2.24, 2.45) is 5.92 Å². The predicted molar refractivity (Wildman–Crippen MR) is 128 cm³/mol. The number of benzene rings is 1. The van der Waals surface area contributed by atoms with Crippen LogP contribution >= 0.6 is 0 Å². The van der Waals surface area contributed by atoms with E-state index in [2.05, 4.69) is 4.98 Å². The van der Waals surface area contributed by atoms with Gasteiger partial charge in [0.15, 0.2) is 11.5 Å². The van der Waals surface area contributed by atoms with Gasteiger partial charge in [-0.15, -0.1) is 0 Å². The number of carbonyl (C=O) groups excluding carboxylic acids is 2. The second-order valence-corrected chi connectivity index (χ2v) is 8.62. The second-order valence-electron chi connectivity index (χ2n) is 8.62. The number of pyridine rings is 1. The quantitative estimate of drug-likeness (QED) is 0.412. The Hall–Kier alpha value is -3.89. The fraction of sp³-hybridized carbons (Fsp3) is 0.458. The molecule has 2 saturated heterocycles. The average molecular weight is 484 g/mol. The van der Waals surface area contributed by atoms with Crippen molar-refractivity contribution in [3.05, 3.63) is 52.2 Å². The summed E-state index contributed by atoms with van der Waals surface area (Å²) in [6.07, 6.45) is 2.14. The Bertz CT molecular complexity index is 1080. The van der Waals surface area contributed by atoms with Crippen molar-refractivity contribution in [1.82, 2.24) is 14.8 Å². The number of ether oxygens (including phenoxy) is 2.